The van der Waals surface area contributed by atoms with Crippen LogP contribution in [0.2, 0.25) is 0 Å². The Morgan fingerprint density at radius 2 is 1.25 bits per heavy atom. The van der Waals surface area contributed by atoms with Gasteiger partial charge in [0.05, 0.1) is 16.7 Å². The van der Waals surface area contributed by atoms with E-state index in [-0.39, 0.29) is 21.8 Å². The second-order valence-corrected chi connectivity index (χ2v) is 17.0. The van der Waals surface area contributed by atoms with Gasteiger partial charge in [-0.05, 0) is 63.2 Å². The molecule has 0 fully saturated rings. The first-order chi connectivity index (χ1) is 17.7. The molecule has 0 aromatic carbocycles. The Morgan fingerprint density at radius 1 is 0.850 bits per heavy atom. The van der Waals surface area contributed by atoms with Gasteiger partial charge in [-0.25, -0.2) is 8.42 Å². The molecule has 0 aliphatic carbocycles. The average molecular weight is 591 g/mol. The lowest BCUT2D eigenvalue weighted by atomic mass is 9.79. The normalized spacial score (nSPS) is 11.9. The number of hydrogen-bond acceptors (Lipinski definition) is 5. The Balaban J connectivity index is -0.000000128. The van der Waals surface area contributed by atoms with Gasteiger partial charge in [-0.1, -0.05) is 116 Å². The van der Waals surface area contributed by atoms with Gasteiger partial charge >= 0.3 is 0 Å². The molecule has 5 nitrogen and oxygen atoms in total. The minimum atomic E-state index is -2.74. The molecule has 0 saturated carbocycles. The molecule has 40 heavy (non-hydrogen) atoms. The Morgan fingerprint density at radius 3 is 1.27 bits per heavy atom. The number of nitriles is 1. The molecule has 0 aromatic rings. The molecule has 0 aliphatic rings. The van der Waals surface area contributed by atoms with Crippen molar-refractivity contribution in [2.24, 2.45) is 45.7 Å². The van der Waals surface area contributed by atoms with E-state index >= 15 is 0 Å². The number of nitrogens with two attached hydrogens (primary N) is 1. The monoisotopic (exact) mass is 591 g/mol. The summed E-state index contributed by atoms with van der Waals surface area (Å²) in [5, 5.41) is 16.9. The fourth-order valence-electron chi connectivity index (χ4n) is 1.99. The second kappa shape index (κ2) is 23.5. The number of allylic oxidation sites excluding steroid dienone is 1. The van der Waals surface area contributed by atoms with Crippen LogP contribution < -0.4 is 5.73 Å². The highest BCUT2D eigenvalue weighted by atomic mass is 32.2. The SMILES string of the molecule is C=C(N)C(C)(C)C(C)C.CC(C)C(C)(C)C#N.CC(C)C(C)(C)CCO.CCCC(C)C.CCS(=O)(=O)C(C)C. The van der Waals surface area contributed by atoms with Crippen LogP contribution in [0.1, 0.15) is 144 Å². The van der Waals surface area contributed by atoms with Crippen LogP contribution in [0.25, 0.3) is 0 Å². The smallest absolute Gasteiger partial charge is 0.152 e. The standard InChI is InChI=1S/C8H17N.C8H18O.C7H13N.C6H14.C5H12O2S/c1-6(2)8(4,5)7(3)9;1-7(2)8(3,4)5-6-9;1-6(2)7(3,4)5-8;1-4-5-6(2)3;1-4-8(6,7)5(2)3/h6H,3,9H2,1-2,4-5H3;7,9H,5-6H2,1-4H3;6H,1-4H3;6H,4-5H2,1-3H3;5H,4H2,1-3H3. The molecule has 0 heterocycles. The van der Waals surface area contributed by atoms with E-state index in [1.165, 1.54) is 12.8 Å². The first kappa shape index (κ1) is 48.7. The maximum absolute atomic E-state index is 10.7. The molecule has 0 rings (SSSR count). The van der Waals surface area contributed by atoms with Crippen molar-refractivity contribution in [3.05, 3.63) is 12.3 Å². The molecule has 0 bridgehead atoms. The van der Waals surface area contributed by atoms with Crippen molar-refractivity contribution >= 4 is 9.84 Å². The predicted molar refractivity (Wildman–Crippen MR) is 181 cm³/mol. The first-order valence-corrected chi connectivity index (χ1v) is 17.1. The van der Waals surface area contributed by atoms with Gasteiger partial charge in [0.25, 0.3) is 0 Å². The van der Waals surface area contributed by atoms with Crippen LogP contribution in [-0.2, 0) is 9.84 Å². The Labute approximate surface area is 253 Å². The number of rotatable bonds is 10. The summed E-state index contributed by atoms with van der Waals surface area (Å²) in [5.41, 5.74) is 6.58. The quantitative estimate of drug-likeness (QED) is 0.263. The summed E-state index contributed by atoms with van der Waals surface area (Å²) in [4.78, 5) is 0. The highest BCUT2D eigenvalue weighted by molar-refractivity contribution is 7.91. The Kier molecular flexibility index (Phi) is 28.6. The molecule has 0 aromatic heterocycles. The first-order valence-electron chi connectivity index (χ1n) is 15.4. The van der Waals surface area contributed by atoms with Gasteiger partial charge in [0.15, 0.2) is 9.84 Å². The van der Waals surface area contributed by atoms with Crippen molar-refractivity contribution in [1.29, 1.82) is 5.26 Å². The molecule has 0 spiro atoms. The van der Waals surface area contributed by atoms with Gasteiger partial charge < -0.3 is 10.8 Å². The minimum absolute atomic E-state index is 0.0833. The van der Waals surface area contributed by atoms with Crippen LogP contribution in [0.4, 0.5) is 0 Å². The lowest BCUT2D eigenvalue weighted by molar-refractivity contribution is 0.164. The molecule has 244 valence electrons. The average Bonchev–Trinajstić information content (AvgIpc) is 2.80. The van der Waals surface area contributed by atoms with E-state index in [1.807, 2.05) is 13.8 Å². The number of nitrogens with zero attached hydrogens (tertiary/aromatic N) is 1. The zero-order valence-electron chi connectivity index (χ0n) is 30.3. The van der Waals surface area contributed by atoms with E-state index in [4.69, 9.17) is 16.1 Å². The number of sulfone groups is 1. The predicted octanol–water partition coefficient (Wildman–Crippen LogP) is 9.66. The van der Waals surface area contributed by atoms with E-state index in [9.17, 15) is 8.42 Å². The van der Waals surface area contributed by atoms with E-state index in [2.05, 4.69) is 103 Å². The fourth-order valence-corrected chi connectivity index (χ4v) is 2.65. The number of aliphatic hydroxyl groups is 1. The van der Waals surface area contributed by atoms with Gasteiger partial charge in [-0.2, -0.15) is 5.26 Å². The van der Waals surface area contributed by atoms with Crippen LogP contribution in [0.15, 0.2) is 12.3 Å². The molecule has 0 unspecified atom stereocenters. The molecule has 0 amide bonds. The van der Waals surface area contributed by atoms with Gasteiger partial charge in [0.1, 0.15) is 0 Å². The molecular weight excluding hydrogens is 516 g/mol. The summed E-state index contributed by atoms with van der Waals surface area (Å²) in [5.74, 6) is 2.83. The van der Waals surface area contributed by atoms with Gasteiger partial charge in [-0.15, -0.1) is 0 Å². The summed E-state index contributed by atoms with van der Waals surface area (Å²) in [6.45, 7) is 41.1. The van der Waals surface area contributed by atoms with Crippen molar-refractivity contribution in [3.63, 3.8) is 0 Å². The second-order valence-electron chi connectivity index (χ2n) is 14.2. The fraction of sp³-hybridized carbons (Fsp3) is 0.912. The van der Waals surface area contributed by atoms with Crippen LogP contribution in [-0.4, -0.2) is 31.1 Å². The van der Waals surface area contributed by atoms with E-state index in [1.54, 1.807) is 20.8 Å². The molecule has 6 heteroatoms. The molecule has 0 atom stereocenters. The van der Waals surface area contributed by atoms with Crippen molar-refractivity contribution in [2.45, 2.75) is 149 Å². The van der Waals surface area contributed by atoms with E-state index < -0.39 is 9.84 Å². The highest BCUT2D eigenvalue weighted by Gasteiger charge is 2.23. The van der Waals surface area contributed by atoms with Gasteiger partial charge in [0.2, 0.25) is 0 Å². The topological polar surface area (TPSA) is 104 Å². The Hall–Kier alpha value is -1.06. The number of hydrogen-bond donors (Lipinski definition) is 2. The van der Waals surface area contributed by atoms with Gasteiger partial charge in [-0.3, -0.25) is 0 Å². The van der Waals surface area contributed by atoms with Crippen molar-refractivity contribution in [1.82, 2.24) is 0 Å². The van der Waals surface area contributed by atoms with Crippen LogP contribution in [0.3, 0.4) is 0 Å². The third-order valence-corrected chi connectivity index (χ3v) is 10.5. The minimum Gasteiger partial charge on any atom is -0.402 e. The third kappa shape index (κ3) is 27.1. The summed E-state index contributed by atoms with van der Waals surface area (Å²) in [6.07, 6.45) is 3.61. The summed E-state index contributed by atoms with van der Waals surface area (Å²) in [7, 11) is -2.74. The third-order valence-electron chi connectivity index (χ3n) is 8.31. The molecule has 0 saturated heterocycles. The Bertz CT molecular complexity index is 755. The molecule has 3 N–H and O–H groups in total. The molecule has 0 radical (unpaired) electrons. The molecule has 0 aliphatic heterocycles. The maximum Gasteiger partial charge on any atom is 0.152 e. The van der Waals surface area contributed by atoms with Crippen LogP contribution in [0.5, 0.6) is 0 Å². The van der Waals surface area contributed by atoms with E-state index in [0.29, 0.717) is 29.8 Å². The summed E-state index contributed by atoms with van der Waals surface area (Å²) < 4.78 is 21.4. The lowest BCUT2D eigenvalue weighted by Crippen LogP contribution is -2.25. The zero-order chi connectivity index (χ0) is 33.7. The largest absolute Gasteiger partial charge is 0.402 e. The van der Waals surface area contributed by atoms with Crippen LogP contribution >= 0.6 is 0 Å². The van der Waals surface area contributed by atoms with Gasteiger partial charge in [0, 0.05) is 23.5 Å². The van der Waals surface area contributed by atoms with Crippen molar-refractivity contribution < 1.29 is 13.5 Å². The highest BCUT2D eigenvalue weighted by Crippen LogP contribution is 2.30. The lowest BCUT2D eigenvalue weighted by Gasteiger charge is -2.28. The summed E-state index contributed by atoms with van der Waals surface area (Å²) in [6, 6.07) is 2.24. The number of aliphatic hydroxyl groups excluding tert-OH is 1. The summed E-state index contributed by atoms with van der Waals surface area (Å²) >= 11 is 0. The van der Waals surface area contributed by atoms with Crippen molar-refractivity contribution in [3.8, 4) is 6.07 Å². The van der Waals surface area contributed by atoms with Crippen LogP contribution in [0, 0.1) is 51.2 Å². The van der Waals surface area contributed by atoms with Crippen molar-refractivity contribution in [2.75, 3.05) is 12.4 Å². The maximum atomic E-state index is 10.7. The zero-order valence-corrected chi connectivity index (χ0v) is 31.1. The van der Waals surface area contributed by atoms with E-state index in [0.717, 1.165) is 18.0 Å². The molecular formula is C34H74N2O3S.